The predicted molar refractivity (Wildman–Crippen MR) is 94.1 cm³/mol. The van der Waals surface area contributed by atoms with Crippen molar-refractivity contribution in [1.82, 2.24) is 0 Å². The summed E-state index contributed by atoms with van der Waals surface area (Å²) in [7, 11) is -3.32. The molecule has 0 bridgehead atoms. The number of fused-ring (bicyclic) bond motifs is 1. The zero-order valence-corrected chi connectivity index (χ0v) is 15.5. The topological polar surface area (TPSA) is 54.5 Å². The Morgan fingerprint density at radius 2 is 1.86 bits per heavy atom. The lowest BCUT2D eigenvalue weighted by atomic mass is 10.1. The molecule has 1 aliphatic rings. The lowest BCUT2D eigenvalue weighted by Gasteiger charge is -2.39. The summed E-state index contributed by atoms with van der Waals surface area (Å²) >= 11 is 1.67. The van der Waals surface area contributed by atoms with Gasteiger partial charge in [0.2, 0.25) is 10.0 Å². The van der Waals surface area contributed by atoms with Crippen LogP contribution in [0.4, 0.5) is 5.69 Å². The van der Waals surface area contributed by atoms with Crippen LogP contribution in [0, 0.1) is 0 Å². The number of para-hydroxylation sites is 1. The van der Waals surface area contributed by atoms with E-state index in [-0.39, 0.29) is 17.1 Å². The van der Waals surface area contributed by atoms with Crippen molar-refractivity contribution in [3.63, 3.8) is 0 Å². The van der Waals surface area contributed by atoms with Crippen LogP contribution in [0.1, 0.15) is 40.5 Å². The quantitative estimate of drug-likeness (QED) is 0.836. The maximum atomic E-state index is 12.1. The Morgan fingerprint density at radius 1 is 1.27 bits per heavy atom. The first kappa shape index (κ1) is 19.0. The third-order valence-electron chi connectivity index (χ3n) is 3.43. The molecule has 2 rings (SSSR count). The van der Waals surface area contributed by atoms with Crippen molar-refractivity contribution in [3.8, 4) is 0 Å². The minimum Gasteiger partial charge on any atom is -0.300 e. The van der Waals surface area contributed by atoms with E-state index in [1.807, 2.05) is 45.0 Å². The van der Waals surface area contributed by atoms with Gasteiger partial charge in [-0.15, -0.1) is 11.8 Å². The molecule has 0 amide bonds. The fourth-order valence-corrected chi connectivity index (χ4v) is 5.22. The standard InChI is InChI=1S/C14H19NO3S2.C2H6/c1-10(16)8-9-13-11(2)15(20(3,17)18)12-6-4-5-7-14(12)19-13;1-2/h4-7,11,13H,8-9H2,1-3H3;1-2H3/t11-,13+;/m1./s1. The molecule has 1 aromatic rings. The summed E-state index contributed by atoms with van der Waals surface area (Å²) in [5.74, 6) is 0.141. The fourth-order valence-electron chi connectivity index (χ4n) is 2.50. The molecule has 6 heteroatoms. The molecule has 22 heavy (non-hydrogen) atoms. The van der Waals surface area contributed by atoms with E-state index >= 15 is 0 Å². The lowest BCUT2D eigenvalue weighted by molar-refractivity contribution is -0.117. The van der Waals surface area contributed by atoms with E-state index in [0.29, 0.717) is 12.8 Å². The minimum absolute atomic E-state index is 0.100. The number of Topliss-reactive ketones (excluding diaryl/α,β-unsaturated/α-hetero) is 1. The third kappa shape index (κ3) is 4.49. The van der Waals surface area contributed by atoms with Gasteiger partial charge in [-0.25, -0.2) is 8.42 Å². The fraction of sp³-hybridized carbons (Fsp3) is 0.562. The third-order valence-corrected chi connectivity index (χ3v) is 6.20. The van der Waals surface area contributed by atoms with Crippen molar-refractivity contribution >= 4 is 33.3 Å². The number of ketones is 1. The summed E-state index contributed by atoms with van der Waals surface area (Å²) in [6.07, 6.45) is 2.42. The molecule has 1 heterocycles. The number of nitrogens with zero attached hydrogens (tertiary/aromatic N) is 1. The van der Waals surface area contributed by atoms with Crippen LogP contribution in [-0.2, 0) is 14.8 Å². The Labute approximate surface area is 138 Å². The number of hydrogen-bond acceptors (Lipinski definition) is 4. The van der Waals surface area contributed by atoms with Gasteiger partial charge in [0.1, 0.15) is 5.78 Å². The second kappa shape index (κ2) is 8.02. The van der Waals surface area contributed by atoms with Gasteiger partial charge >= 0.3 is 0 Å². The van der Waals surface area contributed by atoms with E-state index in [1.54, 1.807) is 18.7 Å². The van der Waals surface area contributed by atoms with Gasteiger partial charge in [0.25, 0.3) is 0 Å². The van der Waals surface area contributed by atoms with Crippen LogP contribution >= 0.6 is 11.8 Å². The molecule has 0 N–H and O–H groups in total. The lowest BCUT2D eigenvalue weighted by Crippen LogP contribution is -2.46. The van der Waals surface area contributed by atoms with Gasteiger partial charge in [-0.2, -0.15) is 0 Å². The van der Waals surface area contributed by atoms with E-state index in [9.17, 15) is 13.2 Å². The molecule has 0 saturated carbocycles. The number of carbonyl (C=O) groups is 1. The van der Waals surface area contributed by atoms with Gasteiger partial charge in [-0.05, 0) is 32.4 Å². The van der Waals surface area contributed by atoms with Crippen molar-refractivity contribution < 1.29 is 13.2 Å². The van der Waals surface area contributed by atoms with Crippen LogP contribution in [0.2, 0.25) is 0 Å². The number of rotatable bonds is 4. The van der Waals surface area contributed by atoms with Gasteiger partial charge in [-0.3, -0.25) is 4.31 Å². The van der Waals surface area contributed by atoms with Crippen LogP contribution in [0.15, 0.2) is 29.2 Å². The normalized spacial score (nSPS) is 20.7. The highest BCUT2D eigenvalue weighted by Crippen LogP contribution is 2.44. The maximum absolute atomic E-state index is 12.1. The van der Waals surface area contributed by atoms with E-state index in [0.717, 1.165) is 10.6 Å². The average Bonchev–Trinajstić information content (AvgIpc) is 2.45. The highest BCUT2D eigenvalue weighted by molar-refractivity contribution is 8.00. The molecule has 4 nitrogen and oxygen atoms in total. The van der Waals surface area contributed by atoms with Gasteiger partial charge in [0.15, 0.2) is 0 Å². The second-order valence-corrected chi connectivity index (χ2v) is 8.30. The maximum Gasteiger partial charge on any atom is 0.232 e. The number of carbonyl (C=O) groups excluding carboxylic acids is 1. The van der Waals surface area contributed by atoms with E-state index in [4.69, 9.17) is 0 Å². The second-order valence-electron chi connectivity index (χ2n) is 5.16. The largest absolute Gasteiger partial charge is 0.300 e. The predicted octanol–water partition coefficient (Wildman–Crippen LogP) is 3.71. The minimum atomic E-state index is -3.32. The number of sulfonamides is 1. The van der Waals surface area contributed by atoms with Crippen LogP contribution in [0.5, 0.6) is 0 Å². The van der Waals surface area contributed by atoms with Gasteiger partial charge < -0.3 is 4.79 Å². The zero-order valence-electron chi connectivity index (χ0n) is 13.9. The first-order valence-electron chi connectivity index (χ1n) is 7.55. The summed E-state index contributed by atoms with van der Waals surface area (Å²) in [5.41, 5.74) is 0.742. The van der Waals surface area contributed by atoms with Crippen LogP contribution in [-0.4, -0.2) is 31.7 Å². The van der Waals surface area contributed by atoms with Gasteiger partial charge in [0, 0.05) is 16.6 Å². The van der Waals surface area contributed by atoms with Crippen molar-refractivity contribution in [1.29, 1.82) is 0 Å². The first-order valence-corrected chi connectivity index (χ1v) is 10.3. The SMILES string of the molecule is CC.CC(=O)CC[C@@H]1Sc2ccccc2N(S(C)(=O)=O)[C@@H]1C. The molecule has 0 unspecified atom stereocenters. The monoisotopic (exact) mass is 343 g/mol. The highest BCUT2D eigenvalue weighted by atomic mass is 32.2. The molecule has 0 saturated heterocycles. The number of hydrogen-bond donors (Lipinski definition) is 0. The highest BCUT2D eigenvalue weighted by Gasteiger charge is 2.36. The van der Waals surface area contributed by atoms with Crippen molar-refractivity contribution in [2.75, 3.05) is 10.6 Å². The molecular weight excluding hydrogens is 318 g/mol. The van der Waals surface area contributed by atoms with Crippen LogP contribution < -0.4 is 4.31 Å². The molecular formula is C16H25NO3S2. The van der Waals surface area contributed by atoms with Crippen molar-refractivity contribution in [2.24, 2.45) is 0 Å². The number of thioether (sulfide) groups is 1. The molecule has 1 aromatic carbocycles. The summed E-state index contributed by atoms with van der Waals surface area (Å²) in [6, 6.07) is 7.38. The van der Waals surface area contributed by atoms with Crippen LogP contribution in [0.3, 0.4) is 0 Å². The van der Waals surface area contributed by atoms with Crippen molar-refractivity contribution in [2.45, 2.75) is 56.7 Å². The average molecular weight is 344 g/mol. The Balaban J connectivity index is 0.00000116. The molecule has 0 radical (unpaired) electrons. The summed E-state index contributed by atoms with van der Waals surface area (Å²) in [4.78, 5) is 12.1. The molecule has 1 aliphatic heterocycles. The van der Waals surface area contributed by atoms with Crippen LogP contribution in [0.25, 0.3) is 0 Å². The van der Waals surface area contributed by atoms with Crippen molar-refractivity contribution in [3.05, 3.63) is 24.3 Å². The molecule has 0 aliphatic carbocycles. The van der Waals surface area contributed by atoms with E-state index in [1.165, 1.54) is 10.6 Å². The Morgan fingerprint density at radius 3 is 2.41 bits per heavy atom. The van der Waals surface area contributed by atoms with E-state index in [2.05, 4.69) is 0 Å². The summed E-state index contributed by atoms with van der Waals surface area (Å²) in [5, 5.41) is 0.100. The number of benzene rings is 1. The molecule has 0 aromatic heterocycles. The summed E-state index contributed by atoms with van der Waals surface area (Å²) < 4.78 is 25.7. The zero-order chi connectivity index (χ0) is 16.9. The Hall–Kier alpha value is -1.01. The van der Waals surface area contributed by atoms with E-state index < -0.39 is 10.0 Å². The molecule has 0 fully saturated rings. The number of anilines is 1. The molecule has 124 valence electrons. The Kier molecular flexibility index (Phi) is 6.94. The first-order chi connectivity index (χ1) is 10.3. The van der Waals surface area contributed by atoms with Gasteiger partial charge in [-0.1, -0.05) is 26.0 Å². The van der Waals surface area contributed by atoms with Gasteiger partial charge in [0.05, 0.1) is 18.0 Å². The smallest absolute Gasteiger partial charge is 0.232 e. The Bertz CT molecular complexity index is 614. The summed E-state index contributed by atoms with van der Waals surface area (Å²) in [6.45, 7) is 7.48. The molecule has 2 atom stereocenters. The molecule has 0 spiro atoms.